The molecule has 0 aliphatic heterocycles. The van der Waals surface area contributed by atoms with Gasteiger partial charge in [-0.05, 0) is 17.7 Å². The lowest BCUT2D eigenvalue weighted by atomic mass is 10.2. The van der Waals surface area contributed by atoms with E-state index in [4.69, 9.17) is 15.6 Å². The molecule has 1 aromatic rings. The molecule has 4 nitrogen and oxygen atoms in total. The lowest BCUT2D eigenvalue weighted by Gasteiger charge is -2.10. The minimum Gasteiger partial charge on any atom is -0.493 e. The Balaban J connectivity index is 2.66. The summed E-state index contributed by atoms with van der Waals surface area (Å²) in [6.07, 6.45) is 0. The molecule has 16 heavy (non-hydrogen) atoms. The smallest absolute Gasteiger partial charge is 0.223 e. The number of aliphatic hydroxyl groups is 1. The molecule has 0 aliphatic carbocycles. The Labute approximate surface area is 92.8 Å². The minimum atomic E-state index is -0.492. The average molecular weight is 227 g/mol. The molecule has 1 rings (SSSR count). The summed E-state index contributed by atoms with van der Waals surface area (Å²) >= 11 is 0. The maximum Gasteiger partial charge on any atom is 0.223 e. The first kappa shape index (κ1) is 12.4. The number of hydrogen-bond donors (Lipinski definition) is 2. The van der Waals surface area contributed by atoms with Gasteiger partial charge < -0.3 is 15.6 Å². The van der Waals surface area contributed by atoms with Crippen molar-refractivity contribution in [3.05, 3.63) is 29.6 Å². The number of rotatable bonds is 5. The van der Waals surface area contributed by atoms with Gasteiger partial charge in [-0.2, -0.15) is 0 Å². The van der Waals surface area contributed by atoms with Crippen molar-refractivity contribution in [1.82, 2.24) is 0 Å². The van der Waals surface area contributed by atoms with Gasteiger partial charge in [-0.25, -0.2) is 4.39 Å². The van der Waals surface area contributed by atoms with Crippen LogP contribution in [-0.4, -0.2) is 17.6 Å². The molecular weight excluding hydrogens is 213 g/mol. The molecule has 0 saturated carbocycles. The summed E-state index contributed by atoms with van der Waals surface area (Å²) in [7, 11) is 0. The van der Waals surface area contributed by atoms with Gasteiger partial charge in [0.25, 0.3) is 0 Å². The van der Waals surface area contributed by atoms with E-state index >= 15 is 0 Å². The monoisotopic (exact) mass is 227 g/mol. The van der Waals surface area contributed by atoms with E-state index in [0.717, 1.165) is 0 Å². The zero-order chi connectivity index (χ0) is 12.1. The third-order valence-electron chi connectivity index (χ3n) is 2.10. The number of carbonyl (C=O) groups is 1. The van der Waals surface area contributed by atoms with E-state index < -0.39 is 17.6 Å². The molecule has 1 aromatic carbocycles. The predicted molar refractivity (Wildman–Crippen MR) is 56.2 cm³/mol. The lowest BCUT2D eigenvalue weighted by Crippen LogP contribution is -2.25. The van der Waals surface area contributed by atoms with Crippen molar-refractivity contribution in [1.29, 1.82) is 0 Å². The SMILES string of the molecule is CC(COc1cc(F)cc(CO)c1)C(N)=O. The van der Waals surface area contributed by atoms with Crippen LogP contribution in [0.5, 0.6) is 5.75 Å². The second-order valence-corrected chi connectivity index (χ2v) is 3.57. The van der Waals surface area contributed by atoms with Crippen molar-refractivity contribution in [2.75, 3.05) is 6.61 Å². The Morgan fingerprint density at radius 2 is 2.25 bits per heavy atom. The summed E-state index contributed by atoms with van der Waals surface area (Å²) in [5.41, 5.74) is 5.47. The molecule has 1 amide bonds. The van der Waals surface area contributed by atoms with E-state index in [1.807, 2.05) is 0 Å². The van der Waals surface area contributed by atoms with Crippen molar-refractivity contribution in [2.45, 2.75) is 13.5 Å². The molecule has 0 aliphatic rings. The number of benzene rings is 1. The van der Waals surface area contributed by atoms with Crippen LogP contribution in [0, 0.1) is 11.7 Å². The molecule has 0 bridgehead atoms. The van der Waals surface area contributed by atoms with Crippen molar-refractivity contribution >= 4 is 5.91 Å². The summed E-state index contributed by atoms with van der Waals surface area (Å²) < 4.78 is 18.2. The zero-order valence-electron chi connectivity index (χ0n) is 8.94. The topological polar surface area (TPSA) is 72.6 Å². The molecule has 0 spiro atoms. The number of amides is 1. The first-order valence-electron chi connectivity index (χ1n) is 4.85. The molecule has 0 heterocycles. The summed E-state index contributed by atoms with van der Waals surface area (Å²) in [5, 5.41) is 8.86. The van der Waals surface area contributed by atoms with Gasteiger partial charge in [-0.3, -0.25) is 4.79 Å². The van der Waals surface area contributed by atoms with Gasteiger partial charge >= 0.3 is 0 Å². The predicted octanol–water partition coefficient (Wildman–Crippen LogP) is 0.818. The molecule has 88 valence electrons. The standard InChI is InChI=1S/C11H14FNO3/c1-7(11(13)15)6-16-10-3-8(5-14)2-9(12)4-10/h2-4,7,14H,5-6H2,1H3,(H2,13,15). The number of aliphatic hydroxyl groups excluding tert-OH is 1. The highest BCUT2D eigenvalue weighted by Gasteiger charge is 2.10. The van der Waals surface area contributed by atoms with E-state index in [9.17, 15) is 9.18 Å². The van der Waals surface area contributed by atoms with Gasteiger partial charge in [0.05, 0.1) is 19.1 Å². The third kappa shape index (κ3) is 3.51. The van der Waals surface area contributed by atoms with E-state index in [2.05, 4.69) is 0 Å². The second kappa shape index (κ2) is 5.46. The maximum atomic E-state index is 13.0. The molecule has 0 aromatic heterocycles. The van der Waals surface area contributed by atoms with Crippen LogP contribution in [0.25, 0.3) is 0 Å². The molecule has 1 unspecified atom stereocenters. The fraction of sp³-hybridized carbons (Fsp3) is 0.364. The van der Waals surface area contributed by atoms with Crippen LogP contribution in [0.1, 0.15) is 12.5 Å². The second-order valence-electron chi connectivity index (χ2n) is 3.57. The Bertz CT molecular complexity index is 381. The number of hydrogen-bond acceptors (Lipinski definition) is 3. The molecule has 0 radical (unpaired) electrons. The van der Waals surface area contributed by atoms with Crippen LogP contribution in [0.2, 0.25) is 0 Å². The highest BCUT2D eigenvalue weighted by molar-refractivity contribution is 5.76. The van der Waals surface area contributed by atoms with Crippen molar-refractivity contribution < 1.29 is 19.0 Å². The molecular formula is C11H14FNO3. The molecule has 0 saturated heterocycles. The van der Waals surface area contributed by atoms with Gasteiger partial charge in [0.2, 0.25) is 5.91 Å². The molecule has 1 atom stereocenters. The van der Waals surface area contributed by atoms with Crippen molar-refractivity contribution in [3.8, 4) is 5.75 Å². The van der Waals surface area contributed by atoms with Gasteiger partial charge in [-0.15, -0.1) is 0 Å². The molecule has 5 heteroatoms. The van der Waals surface area contributed by atoms with E-state index in [1.165, 1.54) is 18.2 Å². The minimum absolute atomic E-state index is 0.0870. The normalized spacial score (nSPS) is 12.2. The number of nitrogens with two attached hydrogens (primary N) is 1. The number of primary amides is 1. The number of carbonyl (C=O) groups excluding carboxylic acids is 1. The Kier molecular flexibility index (Phi) is 4.25. The fourth-order valence-corrected chi connectivity index (χ4v) is 1.10. The van der Waals surface area contributed by atoms with Crippen LogP contribution in [0.4, 0.5) is 4.39 Å². The van der Waals surface area contributed by atoms with Crippen molar-refractivity contribution in [2.24, 2.45) is 11.7 Å². The van der Waals surface area contributed by atoms with E-state index in [0.29, 0.717) is 5.56 Å². The highest BCUT2D eigenvalue weighted by Crippen LogP contribution is 2.17. The van der Waals surface area contributed by atoms with E-state index in [1.54, 1.807) is 6.92 Å². The highest BCUT2D eigenvalue weighted by atomic mass is 19.1. The first-order valence-corrected chi connectivity index (χ1v) is 4.85. The van der Waals surface area contributed by atoms with E-state index in [-0.39, 0.29) is 19.0 Å². The van der Waals surface area contributed by atoms with Crippen LogP contribution >= 0.6 is 0 Å². The van der Waals surface area contributed by atoms with Gasteiger partial charge in [0, 0.05) is 6.07 Å². The van der Waals surface area contributed by atoms with Crippen LogP contribution in [-0.2, 0) is 11.4 Å². The van der Waals surface area contributed by atoms with Crippen LogP contribution in [0.3, 0.4) is 0 Å². The maximum absolute atomic E-state index is 13.0. The van der Waals surface area contributed by atoms with Crippen molar-refractivity contribution in [3.63, 3.8) is 0 Å². The summed E-state index contributed by atoms with van der Waals surface area (Å²) in [5.74, 6) is -1.13. The summed E-state index contributed by atoms with van der Waals surface area (Å²) in [6.45, 7) is 1.44. The quantitative estimate of drug-likeness (QED) is 0.782. The Morgan fingerprint density at radius 1 is 1.56 bits per heavy atom. The fourth-order valence-electron chi connectivity index (χ4n) is 1.10. The summed E-state index contributed by atoms with van der Waals surface area (Å²) in [4.78, 5) is 10.7. The Morgan fingerprint density at radius 3 is 2.81 bits per heavy atom. The van der Waals surface area contributed by atoms with Crippen LogP contribution in [0.15, 0.2) is 18.2 Å². The first-order chi connectivity index (χ1) is 7.52. The zero-order valence-corrected chi connectivity index (χ0v) is 8.94. The molecule has 0 fully saturated rings. The largest absolute Gasteiger partial charge is 0.493 e. The van der Waals surface area contributed by atoms with Gasteiger partial charge in [0.1, 0.15) is 11.6 Å². The van der Waals surface area contributed by atoms with Gasteiger partial charge in [0.15, 0.2) is 0 Å². The Hall–Kier alpha value is -1.62. The third-order valence-corrected chi connectivity index (χ3v) is 2.10. The number of halogens is 1. The lowest BCUT2D eigenvalue weighted by molar-refractivity contribution is -0.122. The summed E-state index contributed by atoms with van der Waals surface area (Å²) in [6, 6.07) is 3.91. The van der Waals surface area contributed by atoms with Gasteiger partial charge in [-0.1, -0.05) is 6.92 Å². The number of ether oxygens (including phenoxy) is 1. The van der Waals surface area contributed by atoms with Crippen LogP contribution < -0.4 is 10.5 Å². The molecule has 3 N–H and O–H groups in total. The average Bonchev–Trinajstić information content (AvgIpc) is 2.24.